The molecule has 1 aliphatic heterocycles. The van der Waals surface area contributed by atoms with Crippen LogP contribution in [0.3, 0.4) is 0 Å². The number of hydrogen-bond acceptors (Lipinski definition) is 7. The lowest BCUT2D eigenvalue weighted by Crippen LogP contribution is -2.71. The van der Waals surface area contributed by atoms with Gasteiger partial charge >= 0.3 is 5.97 Å². The summed E-state index contributed by atoms with van der Waals surface area (Å²) in [6.45, 7) is 7.28. The van der Waals surface area contributed by atoms with Crippen LogP contribution in [0.15, 0.2) is 23.8 Å². The number of hydrogen-bond donors (Lipinski definition) is 1. The van der Waals surface area contributed by atoms with Gasteiger partial charge in [0.05, 0.1) is 12.2 Å². The monoisotopic (exact) mass is 494 g/mol. The third-order valence-electron chi connectivity index (χ3n) is 9.44. The average Bonchev–Trinajstić information content (AvgIpc) is 3.16. The Labute approximate surface area is 202 Å². The van der Waals surface area contributed by atoms with Crippen LogP contribution < -0.4 is 0 Å². The first-order valence-electron chi connectivity index (χ1n) is 12.1. The second-order valence-electron chi connectivity index (χ2n) is 11.6. The number of rotatable bonds is 3. The van der Waals surface area contributed by atoms with Gasteiger partial charge in [-0.25, -0.2) is 8.78 Å². The van der Waals surface area contributed by atoms with Crippen molar-refractivity contribution in [3.63, 3.8) is 0 Å². The summed E-state index contributed by atoms with van der Waals surface area (Å²) in [5.74, 6) is -4.23. The molecule has 9 atom stereocenters. The largest absolute Gasteiger partial charge is 0.458 e. The van der Waals surface area contributed by atoms with Gasteiger partial charge in [-0.1, -0.05) is 13.0 Å². The van der Waals surface area contributed by atoms with Crippen molar-refractivity contribution in [2.45, 2.75) is 89.3 Å². The molecule has 35 heavy (non-hydrogen) atoms. The Morgan fingerprint density at radius 1 is 1.20 bits per heavy atom. The maximum Gasteiger partial charge on any atom is 0.303 e. The van der Waals surface area contributed by atoms with E-state index in [0.717, 1.165) is 6.08 Å². The van der Waals surface area contributed by atoms with Crippen molar-refractivity contribution in [3.8, 4) is 0 Å². The topological polar surface area (TPSA) is 99.1 Å². The van der Waals surface area contributed by atoms with E-state index < -0.39 is 82.2 Å². The van der Waals surface area contributed by atoms with E-state index in [1.807, 2.05) is 0 Å². The molecule has 192 valence electrons. The number of allylic oxidation sites excluding steroid dienone is 4. The van der Waals surface area contributed by atoms with Crippen molar-refractivity contribution >= 4 is 17.5 Å². The first-order valence-corrected chi connectivity index (χ1v) is 12.1. The van der Waals surface area contributed by atoms with E-state index >= 15 is 8.78 Å². The van der Waals surface area contributed by atoms with E-state index in [1.54, 1.807) is 20.8 Å². The van der Waals surface area contributed by atoms with Crippen molar-refractivity contribution in [1.29, 1.82) is 0 Å². The van der Waals surface area contributed by atoms with Crippen molar-refractivity contribution in [2.24, 2.45) is 22.7 Å². The fraction of sp³-hybridized carbons (Fsp3) is 0.731. The lowest BCUT2D eigenvalue weighted by Gasteiger charge is -2.63. The third kappa shape index (κ3) is 2.95. The molecule has 4 fully saturated rings. The summed E-state index contributed by atoms with van der Waals surface area (Å²) in [7, 11) is 0. The molecule has 2 unspecified atom stereocenters. The Bertz CT molecular complexity index is 1070. The second kappa shape index (κ2) is 7.29. The molecule has 5 aliphatic rings. The number of carbonyl (C=O) groups excluding carboxylic acids is 3. The summed E-state index contributed by atoms with van der Waals surface area (Å²) in [5, 5.41) is 11.5. The number of aliphatic hydroxyl groups excluding tert-OH is 1. The summed E-state index contributed by atoms with van der Waals surface area (Å²) >= 11 is 0. The standard InChI is InChI=1S/C26H32F2O7/c1-13(29)33-12-20(32)26-21(34-22(2,3)35-26)10-15-16-9-18(27)17-8-14(30)6-7-23(17,4)25(16,28)19(31)11-24(15,26)5/h6-8,15-16,18-19,21,31H,9-12H2,1-5H3/t15?,16?,18-,19-,21+,23-,24-,25-,26+/m0/s1. The molecular formula is C26H32F2O7. The van der Waals surface area contributed by atoms with E-state index in [0.29, 0.717) is 0 Å². The zero-order valence-electron chi connectivity index (χ0n) is 20.6. The quantitative estimate of drug-likeness (QED) is 0.603. The van der Waals surface area contributed by atoms with Crippen molar-refractivity contribution < 1.29 is 42.5 Å². The smallest absolute Gasteiger partial charge is 0.303 e. The number of halogens is 2. The summed E-state index contributed by atoms with van der Waals surface area (Å²) in [5.41, 5.74) is -6.46. The number of aliphatic hydroxyl groups is 1. The molecule has 1 saturated heterocycles. The fourth-order valence-electron chi connectivity index (χ4n) is 8.08. The van der Waals surface area contributed by atoms with E-state index in [9.17, 15) is 19.5 Å². The van der Waals surface area contributed by atoms with Gasteiger partial charge in [0.1, 0.15) is 6.17 Å². The van der Waals surface area contributed by atoms with E-state index in [-0.39, 0.29) is 24.8 Å². The second-order valence-corrected chi connectivity index (χ2v) is 11.6. The normalized spacial score (nSPS) is 49.4. The molecule has 1 heterocycles. The van der Waals surface area contributed by atoms with E-state index in [4.69, 9.17) is 14.2 Å². The number of esters is 1. The van der Waals surface area contributed by atoms with Crippen molar-refractivity contribution in [2.75, 3.05) is 6.61 Å². The van der Waals surface area contributed by atoms with Gasteiger partial charge in [-0.05, 0) is 63.7 Å². The summed E-state index contributed by atoms with van der Waals surface area (Å²) < 4.78 is 50.3. The molecule has 0 aromatic heterocycles. The first-order chi connectivity index (χ1) is 16.1. The predicted octanol–water partition coefficient (Wildman–Crippen LogP) is 2.94. The van der Waals surface area contributed by atoms with Crippen LogP contribution in [0, 0.1) is 22.7 Å². The maximum atomic E-state index is 17.3. The fourth-order valence-corrected chi connectivity index (χ4v) is 8.08. The zero-order valence-corrected chi connectivity index (χ0v) is 20.6. The van der Waals surface area contributed by atoms with Crippen LogP contribution in [0.25, 0.3) is 0 Å². The Kier molecular flexibility index (Phi) is 5.15. The molecule has 1 N–H and O–H groups in total. The molecule has 3 saturated carbocycles. The number of alkyl halides is 2. The van der Waals surface area contributed by atoms with Crippen LogP contribution in [-0.2, 0) is 28.6 Å². The highest BCUT2D eigenvalue weighted by atomic mass is 19.1. The maximum absolute atomic E-state index is 17.3. The molecule has 0 spiro atoms. The lowest BCUT2D eigenvalue weighted by molar-refractivity contribution is -0.249. The highest BCUT2D eigenvalue weighted by Gasteiger charge is 2.80. The van der Waals surface area contributed by atoms with E-state index in [1.165, 1.54) is 26.0 Å². The first kappa shape index (κ1) is 24.7. The summed E-state index contributed by atoms with van der Waals surface area (Å²) in [6, 6.07) is 0. The molecule has 0 bridgehead atoms. The SMILES string of the molecule is CC(=O)OCC(=O)[C@@]12OC(C)(C)O[C@@H]1CC1C3C[C@H](F)C4=CC(=O)C=C[C@]4(C)[C@@]3(F)[C@@H](O)C[C@@]12C. The van der Waals surface area contributed by atoms with Gasteiger partial charge in [0.25, 0.3) is 0 Å². The predicted molar refractivity (Wildman–Crippen MR) is 118 cm³/mol. The minimum Gasteiger partial charge on any atom is -0.458 e. The molecule has 4 aliphatic carbocycles. The average molecular weight is 495 g/mol. The van der Waals surface area contributed by atoms with Gasteiger partial charge in [-0.15, -0.1) is 0 Å². The number of ether oxygens (including phenoxy) is 3. The molecular weight excluding hydrogens is 462 g/mol. The molecule has 0 aromatic rings. The summed E-state index contributed by atoms with van der Waals surface area (Å²) in [4.78, 5) is 37.1. The number of ketones is 2. The molecule has 7 nitrogen and oxygen atoms in total. The van der Waals surface area contributed by atoms with Crippen LogP contribution in [0.2, 0.25) is 0 Å². The minimum atomic E-state index is -2.27. The summed E-state index contributed by atoms with van der Waals surface area (Å²) in [6.07, 6.45) is -0.345. The van der Waals surface area contributed by atoms with Gasteiger partial charge in [-0.3, -0.25) is 14.4 Å². The van der Waals surface area contributed by atoms with Crippen LogP contribution in [0.5, 0.6) is 0 Å². The lowest BCUT2D eigenvalue weighted by atomic mass is 9.44. The van der Waals surface area contributed by atoms with Crippen LogP contribution in [0.4, 0.5) is 8.78 Å². The number of fused-ring (bicyclic) bond motifs is 7. The van der Waals surface area contributed by atoms with Crippen LogP contribution in [0.1, 0.15) is 53.9 Å². The molecule has 0 radical (unpaired) electrons. The Morgan fingerprint density at radius 3 is 2.54 bits per heavy atom. The van der Waals surface area contributed by atoms with E-state index in [2.05, 4.69) is 0 Å². The van der Waals surface area contributed by atoms with Crippen molar-refractivity contribution in [3.05, 3.63) is 23.8 Å². The van der Waals surface area contributed by atoms with Crippen molar-refractivity contribution in [1.82, 2.24) is 0 Å². The molecule has 0 aromatic carbocycles. The number of Topliss-reactive ketones (excluding diaryl/α,β-unsaturated/α-hetero) is 1. The Hall–Kier alpha value is -1.97. The molecule has 9 heteroatoms. The van der Waals surface area contributed by atoms with Crippen LogP contribution >= 0.6 is 0 Å². The highest BCUT2D eigenvalue weighted by Crippen LogP contribution is 2.72. The Morgan fingerprint density at radius 2 is 1.89 bits per heavy atom. The van der Waals surface area contributed by atoms with Crippen LogP contribution in [-0.4, -0.2) is 64.7 Å². The van der Waals surface area contributed by atoms with Gasteiger partial charge in [-0.2, -0.15) is 0 Å². The van der Waals surface area contributed by atoms with Gasteiger partial charge in [0.15, 0.2) is 29.4 Å². The Balaban J connectivity index is 1.62. The van der Waals surface area contributed by atoms with Gasteiger partial charge < -0.3 is 19.3 Å². The third-order valence-corrected chi connectivity index (χ3v) is 9.44. The molecule has 0 amide bonds. The number of carbonyl (C=O) groups is 3. The zero-order chi connectivity index (χ0) is 25.8. The minimum absolute atomic E-state index is 0.0406. The molecule has 5 rings (SSSR count). The van der Waals surface area contributed by atoms with Gasteiger partial charge in [0, 0.05) is 23.7 Å². The van der Waals surface area contributed by atoms with Gasteiger partial charge in [0.2, 0.25) is 5.78 Å². The highest BCUT2D eigenvalue weighted by molar-refractivity contribution is 6.01.